The maximum atomic E-state index is 13.4. The molecule has 0 aromatic heterocycles. The summed E-state index contributed by atoms with van der Waals surface area (Å²) < 4.78 is 32.4. The summed E-state index contributed by atoms with van der Waals surface area (Å²) >= 11 is 0. The number of sulfonamides is 1. The highest BCUT2D eigenvalue weighted by Gasteiger charge is 2.56. The number of nitro groups is 1. The van der Waals surface area contributed by atoms with Gasteiger partial charge in [0.15, 0.2) is 4.90 Å². The average Bonchev–Trinajstić information content (AvgIpc) is 2.68. The molecular formula is C19H20N2O7S. The minimum Gasteiger partial charge on any atom is -0.468 e. The molecule has 0 bridgehead atoms. The molecular weight excluding hydrogens is 400 g/mol. The van der Waals surface area contributed by atoms with Crippen LogP contribution in [0.15, 0.2) is 52.5 Å². The summed E-state index contributed by atoms with van der Waals surface area (Å²) in [7, 11) is -3.42. The number of methoxy groups -OCH3 is 1. The Morgan fingerprint density at radius 2 is 1.93 bits per heavy atom. The number of amides is 1. The lowest BCUT2D eigenvalue weighted by molar-refractivity contribution is -0.387. The first-order valence-electron chi connectivity index (χ1n) is 8.81. The predicted octanol–water partition coefficient (Wildman–Crippen LogP) is 2.34. The lowest BCUT2D eigenvalue weighted by Crippen LogP contribution is -2.59. The molecule has 29 heavy (non-hydrogen) atoms. The van der Waals surface area contributed by atoms with E-state index in [0.717, 1.165) is 29.4 Å². The van der Waals surface area contributed by atoms with Gasteiger partial charge in [-0.25, -0.2) is 12.7 Å². The maximum Gasteiger partial charge on any atom is 0.318 e. The molecule has 3 rings (SSSR count). The van der Waals surface area contributed by atoms with Crippen molar-refractivity contribution >= 4 is 27.6 Å². The number of nitro benzene ring substituents is 1. The van der Waals surface area contributed by atoms with E-state index >= 15 is 0 Å². The summed E-state index contributed by atoms with van der Waals surface area (Å²) in [6.07, 6.45) is 2.72. The third-order valence-corrected chi connectivity index (χ3v) is 7.42. The molecule has 0 fully saturated rings. The number of ether oxygens (including phenoxy) is 1. The zero-order valence-electron chi connectivity index (χ0n) is 16.1. The zero-order valence-corrected chi connectivity index (χ0v) is 16.9. The number of hydrogen-bond acceptors (Lipinski definition) is 7. The lowest BCUT2D eigenvalue weighted by Gasteiger charge is -2.47. The average molecular weight is 420 g/mol. The van der Waals surface area contributed by atoms with Gasteiger partial charge in [-0.2, -0.15) is 0 Å². The highest BCUT2D eigenvalue weighted by atomic mass is 32.2. The second kappa shape index (κ2) is 7.11. The van der Waals surface area contributed by atoms with E-state index in [-0.39, 0.29) is 12.8 Å². The fourth-order valence-electron chi connectivity index (χ4n) is 3.95. The van der Waals surface area contributed by atoms with Gasteiger partial charge in [0.1, 0.15) is 5.41 Å². The zero-order chi connectivity index (χ0) is 21.6. The van der Waals surface area contributed by atoms with Crippen LogP contribution in [0.2, 0.25) is 0 Å². The Labute approximate surface area is 167 Å². The summed E-state index contributed by atoms with van der Waals surface area (Å²) in [4.78, 5) is 35.4. The molecule has 2 atom stereocenters. The molecule has 0 saturated heterocycles. The highest BCUT2D eigenvalue weighted by molar-refractivity contribution is 7.89. The summed E-state index contributed by atoms with van der Waals surface area (Å²) in [6.45, 7) is 3.64. The van der Waals surface area contributed by atoms with Crippen LogP contribution < -0.4 is 0 Å². The molecule has 0 radical (unpaired) electrons. The van der Waals surface area contributed by atoms with Gasteiger partial charge in [-0.15, -0.1) is 0 Å². The number of para-hydroxylation sites is 1. The van der Waals surface area contributed by atoms with Gasteiger partial charge in [0.05, 0.1) is 18.1 Å². The number of carbonyl (C=O) groups excluding carboxylic acids is 2. The van der Waals surface area contributed by atoms with Crippen LogP contribution in [0.5, 0.6) is 0 Å². The van der Waals surface area contributed by atoms with Crippen molar-refractivity contribution < 1.29 is 27.7 Å². The van der Waals surface area contributed by atoms with E-state index in [1.165, 1.54) is 25.3 Å². The van der Waals surface area contributed by atoms with Crippen LogP contribution in [0.25, 0.3) is 0 Å². The number of carbonyl (C=O) groups is 2. The molecule has 0 N–H and O–H groups in total. The second-order valence-corrected chi connectivity index (χ2v) is 8.97. The molecule has 0 spiro atoms. The van der Waals surface area contributed by atoms with Crippen molar-refractivity contribution in [3.05, 3.63) is 57.7 Å². The van der Waals surface area contributed by atoms with Crippen LogP contribution in [-0.2, 0) is 24.3 Å². The van der Waals surface area contributed by atoms with Crippen LogP contribution in [0, 0.1) is 15.5 Å². The molecule has 1 aromatic rings. The molecule has 1 aliphatic heterocycles. The van der Waals surface area contributed by atoms with E-state index in [9.17, 15) is 28.1 Å². The van der Waals surface area contributed by atoms with E-state index in [4.69, 9.17) is 4.74 Å². The Morgan fingerprint density at radius 3 is 2.55 bits per heavy atom. The van der Waals surface area contributed by atoms with Gasteiger partial charge in [-0.05, 0) is 32.8 Å². The van der Waals surface area contributed by atoms with Gasteiger partial charge in [0.25, 0.3) is 21.6 Å². The minimum atomic E-state index is -4.62. The Morgan fingerprint density at radius 1 is 1.28 bits per heavy atom. The number of benzene rings is 1. The minimum absolute atomic E-state index is 0.122. The molecule has 2 aliphatic rings. The van der Waals surface area contributed by atoms with Crippen molar-refractivity contribution in [2.75, 3.05) is 7.11 Å². The summed E-state index contributed by atoms with van der Waals surface area (Å²) in [5.41, 5.74) is -0.282. The number of allylic oxidation sites excluding steroid dienone is 1. The first kappa shape index (κ1) is 20.7. The van der Waals surface area contributed by atoms with Crippen molar-refractivity contribution in [2.45, 2.75) is 37.6 Å². The molecule has 0 saturated carbocycles. The Hall–Kier alpha value is -3.01. The molecule has 0 unspecified atom stereocenters. The van der Waals surface area contributed by atoms with Crippen molar-refractivity contribution in [1.82, 2.24) is 4.31 Å². The largest absolute Gasteiger partial charge is 0.468 e. The van der Waals surface area contributed by atoms with Gasteiger partial charge in [0, 0.05) is 12.1 Å². The number of fused-ring (bicyclic) bond motifs is 1. The van der Waals surface area contributed by atoms with E-state index in [1.54, 1.807) is 6.92 Å². The van der Waals surface area contributed by atoms with Crippen molar-refractivity contribution in [3.8, 4) is 0 Å². The number of rotatable bonds is 4. The SMILES string of the molecule is COC(=O)[C@]12C=CC(=O)N(S(=O)(=O)c3ccccc3[N+](=O)[O-])[C@H]1CC(C)=C(C)C2. The first-order chi connectivity index (χ1) is 13.6. The fraction of sp³-hybridized carbons (Fsp3) is 0.368. The summed E-state index contributed by atoms with van der Waals surface area (Å²) in [5.74, 6) is -1.53. The number of esters is 1. The molecule has 1 heterocycles. The maximum absolute atomic E-state index is 13.4. The van der Waals surface area contributed by atoms with E-state index in [0.29, 0.717) is 4.31 Å². The van der Waals surface area contributed by atoms with E-state index in [1.807, 2.05) is 6.92 Å². The Balaban J connectivity index is 2.24. The molecule has 1 aromatic carbocycles. The Bertz CT molecular complexity index is 1070. The van der Waals surface area contributed by atoms with Crippen LogP contribution in [0.4, 0.5) is 5.69 Å². The van der Waals surface area contributed by atoms with Gasteiger partial charge in [0.2, 0.25) is 0 Å². The van der Waals surface area contributed by atoms with Crippen LogP contribution >= 0.6 is 0 Å². The summed E-state index contributed by atoms with van der Waals surface area (Å²) in [5, 5.41) is 11.4. The summed E-state index contributed by atoms with van der Waals surface area (Å²) in [6, 6.07) is 3.73. The topological polar surface area (TPSA) is 124 Å². The standard InChI is InChI=1S/C19H20N2O7S/c1-12-10-16-19(11-13(12)2,18(23)28-3)9-8-17(22)20(16)29(26,27)15-7-5-4-6-14(15)21(24)25/h4-9,16H,10-11H2,1-3H3/t16-,19-/m0/s1. The van der Waals surface area contributed by atoms with Crippen LogP contribution in [0.1, 0.15) is 26.7 Å². The van der Waals surface area contributed by atoms with Gasteiger partial charge < -0.3 is 4.74 Å². The molecule has 10 heteroatoms. The van der Waals surface area contributed by atoms with Gasteiger partial charge in [-0.1, -0.05) is 29.4 Å². The lowest BCUT2D eigenvalue weighted by atomic mass is 9.67. The van der Waals surface area contributed by atoms with Crippen molar-refractivity contribution in [1.29, 1.82) is 0 Å². The predicted molar refractivity (Wildman–Crippen MR) is 102 cm³/mol. The monoisotopic (exact) mass is 420 g/mol. The van der Waals surface area contributed by atoms with Crippen LogP contribution in [0.3, 0.4) is 0 Å². The fourth-order valence-corrected chi connectivity index (χ4v) is 5.71. The first-order valence-corrected chi connectivity index (χ1v) is 10.2. The van der Waals surface area contributed by atoms with Gasteiger partial charge >= 0.3 is 5.97 Å². The third-order valence-electron chi connectivity index (χ3n) is 5.57. The molecule has 9 nitrogen and oxygen atoms in total. The number of nitrogens with zero attached hydrogens (tertiary/aromatic N) is 2. The molecule has 1 aliphatic carbocycles. The third kappa shape index (κ3) is 3.13. The molecule has 154 valence electrons. The Kier molecular flexibility index (Phi) is 5.08. The van der Waals surface area contributed by atoms with Gasteiger partial charge in [-0.3, -0.25) is 19.7 Å². The van der Waals surface area contributed by atoms with E-state index in [2.05, 4.69) is 0 Å². The number of hydrogen-bond donors (Lipinski definition) is 0. The molecule has 1 amide bonds. The highest BCUT2D eigenvalue weighted by Crippen LogP contribution is 2.48. The van der Waals surface area contributed by atoms with Crippen LogP contribution in [-0.4, -0.2) is 42.7 Å². The quantitative estimate of drug-likeness (QED) is 0.317. The van der Waals surface area contributed by atoms with Crippen molar-refractivity contribution in [2.24, 2.45) is 5.41 Å². The van der Waals surface area contributed by atoms with Crippen molar-refractivity contribution in [3.63, 3.8) is 0 Å². The second-order valence-electron chi connectivity index (χ2n) is 7.19. The normalized spacial score (nSPS) is 24.3. The smallest absolute Gasteiger partial charge is 0.318 e. The van der Waals surface area contributed by atoms with E-state index < -0.39 is 48.9 Å².